The van der Waals surface area contributed by atoms with Crippen molar-refractivity contribution < 1.29 is 18.4 Å². The van der Waals surface area contributed by atoms with Crippen molar-refractivity contribution in [2.24, 2.45) is 0 Å². The number of carbonyl (C=O) groups excluding carboxylic acids is 2. The number of likely N-dealkylation sites (tertiary alicyclic amines) is 1. The number of amides is 2. The minimum Gasteiger partial charge on any atom is -0.459 e. The van der Waals surface area contributed by atoms with Crippen molar-refractivity contribution in [3.05, 3.63) is 65.9 Å². The van der Waals surface area contributed by atoms with Gasteiger partial charge >= 0.3 is 0 Å². The molecule has 5 nitrogen and oxygen atoms in total. The Hall–Kier alpha value is -2.89. The summed E-state index contributed by atoms with van der Waals surface area (Å²) in [5, 5.41) is 2.93. The molecule has 1 aromatic carbocycles. The van der Waals surface area contributed by atoms with Gasteiger partial charge in [0.25, 0.3) is 5.91 Å². The standard InChI is InChI=1S/C19H19FN2O3/c20-15-6-3-14(4-7-15)5-8-18(23)21-16-9-11-22(12-10-16)19(24)17-2-1-13-25-17/h1-8,13,16H,9-12H2,(H,21,23)/b8-5+. The Morgan fingerprint density at radius 1 is 1.16 bits per heavy atom. The van der Waals surface area contributed by atoms with E-state index in [4.69, 9.17) is 4.42 Å². The largest absolute Gasteiger partial charge is 0.459 e. The van der Waals surface area contributed by atoms with Crippen LogP contribution in [0.1, 0.15) is 29.0 Å². The van der Waals surface area contributed by atoms with Gasteiger partial charge < -0.3 is 14.6 Å². The first-order valence-corrected chi connectivity index (χ1v) is 8.19. The first-order valence-electron chi connectivity index (χ1n) is 8.19. The van der Waals surface area contributed by atoms with Gasteiger partial charge in [-0.1, -0.05) is 12.1 Å². The minimum absolute atomic E-state index is 0.0334. The maximum absolute atomic E-state index is 12.8. The number of nitrogens with one attached hydrogen (secondary N) is 1. The van der Waals surface area contributed by atoms with Crippen LogP contribution in [0.5, 0.6) is 0 Å². The second kappa shape index (κ2) is 7.79. The van der Waals surface area contributed by atoms with Crippen LogP contribution in [0, 0.1) is 5.82 Å². The lowest BCUT2D eigenvalue weighted by Crippen LogP contribution is -2.46. The van der Waals surface area contributed by atoms with Crippen LogP contribution in [0.2, 0.25) is 0 Å². The summed E-state index contributed by atoms with van der Waals surface area (Å²) in [7, 11) is 0. The predicted molar refractivity (Wildman–Crippen MR) is 91.2 cm³/mol. The highest BCUT2D eigenvalue weighted by atomic mass is 19.1. The lowest BCUT2D eigenvalue weighted by molar-refractivity contribution is -0.117. The summed E-state index contributed by atoms with van der Waals surface area (Å²) in [5.41, 5.74) is 0.760. The monoisotopic (exact) mass is 342 g/mol. The SMILES string of the molecule is O=C(/C=C/c1ccc(F)cc1)NC1CCN(C(=O)c2ccco2)CC1. The minimum atomic E-state index is -0.308. The average Bonchev–Trinajstić information content (AvgIpc) is 3.16. The molecule has 0 bridgehead atoms. The molecule has 25 heavy (non-hydrogen) atoms. The van der Waals surface area contributed by atoms with E-state index >= 15 is 0 Å². The first-order chi connectivity index (χ1) is 12.1. The molecular formula is C19H19FN2O3. The fourth-order valence-corrected chi connectivity index (χ4v) is 2.78. The van der Waals surface area contributed by atoms with Crippen LogP contribution >= 0.6 is 0 Å². The molecule has 2 amide bonds. The van der Waals surface area contributed by atoms with Gasteiger partial charge in [0.1, 0.15) is 5.82 Å². The van der Waals surface area contributed by atoms with Crippen molar-refractivity contribution in [2.45, 2.75) is 18.9 Å². The van der Waals surface area contributed by atoms with Crippen LogP contribution in [0.25, 0.3) is 6.08 Å². The summed E-state index contributed by atoms with van der Waals surface area (Å²) < 4.78 is 18.0. The molecule has 1 saturated heterocycles. The summed E-state index contributed by atoms with van der Waals surface area (Å²) in [4.78, 5) is 25.9. The van der Waals surface area contributed by atoms with E-state index in [-0.39, 0.29) is 23.7 Å². The van der Waals surface area contributed by atoms with Crippen molar-refractivity contribution in [3.63, 3.8) is 0 Å². The summed E-state index contributed by atoms with van der Waals surface area (Å²) in [5.74, 6) is -0.284. The molecule has 0 spiro atoms. The maximum atomic E-state index is 12.8. The highest BCUT2D eigenvalue weighted by Crippen LogP contribution is 2.14. The number of hydrogen-bond donors (Lipinski definition) is 1. The van der Waals surface area contributed by atoms with Gasteiger partial charge in [-0.3, -0.25) is 9.59 Å². The molecule has 130 valence electrons. The molecule has 1 aliphatic rings. The number of carbonyl (C=O) groups is 2. The number of rotatable bonds is 4. The zero-order chi connectivity index (χ0) is 17.6. The Balaban J connectivity index is 1.46. The third-order valence-corrected chi connectivity index (χ3v) is 4.16. The van der Waals surface area contributed by atoms with E-state index in [1.807, 2.05) is 0 Å². The number of furan rings is 1. The first kappa shape index (κ1) is 17.0. The van der Waals surface area contributed by atoms with Crippen LogP contribution in [0.4, 0.5) is 4.39 Å². The molecule has 3 rings (SSSR count). The molecule has 1 fully saturated rings. The topological polar surface area (TPSA) is 62.6 Å². The second-order valence-electron chi connectivity index (χ2n) is 5.94. The van der Waals surface area contributed by atoms with Crippen LogP contribution in [0.3, 0.4) is 0 Å². The van der Waals surface area contributed by atoms with Crippen LogP contribution in [-0.2, 0) is 4.79 Å². The predicted octanol–water partition coefficient (Wildman–Crippen LogP) is 2.85. The van der Waals surface area contributed by atoms with Gasteiger partial charge in [0, 0.05) is 25.2 Å². The zero-order valence-electron chi connectivity index (χ0n) is 13.7. The Kier molecular flexibility index (Phi) is 5.28. The van der Waals surface area contributed by atoms with Crippen LogP contribution < -0.4 is 5.32 Å². The van der Waals surface area contributed by atoms with E-state index in [2.05, 4.69) is 5.32 Å². The number of nitrogens with zero attached hydrogens (tertiary/aromatic N) is 1. The van der Waals surface area contributed by atoms with Crippen molar-refractivity contribution >= 4 is 17.9 Å². The Bertz CT molecular complexity index is 745. The van der Waals surface area contributed by atoms with Gasteiger partial charge in [-0.05, 0) is 48.7 Å². The van der Waals surface area contributed by atoms with Gasteiger partial charge in [0.2, 0.25) is 5.91 Å². The van der Waals surface area contributed by atoms with Crippen molar-refractivity contribution in [1.29, 1.82) is 0 Å². The van der Waals surface area contributed by atoms with E-state index < -0.39 is 0 Å². The average molecular weight is 342 g/mol. The van der Waals surface area contributed by atoms with E-state index in [1.165, 1.54) is 24.5 Å². The van der Waals surface area contributed by atoms with E-state index in [1.54, 1.807) is 35.2 Å². The fourth-order valence-electron chi connectivity index (χ4n) is 2.78. The molecular weight excluding hydrogens is 323 g/mol. The summed E-state index contributed by atoms with van der Waals surface area (Å²) in [6.45, 7) is 1.15. The third kappa shape index (κ3) is 4.56. The van der Waals surface area contributed by atoms with Gasteiger partial charge in [0.15, 0.2) is 5.76 Å². The number of hydrogen-bond acceptors (Lipinski definition) is 3. The molecule has 1 aromatic heterocycles. The molecule has 0 radical (unpaired) electrons. The van der Waals surface area contributed by atoms with Gasteiger partial charge in [-0.2, -0.15) is 0 Å². The summed E-state index contributed by atoms with van der Waals surface area (Å²) in [6.07, 6.45) is 5.96. The number of halogens is 1. The van der Waals surface area contributed by atoms with E-state index in [0.717, 1.165) is 5.56 Å². The Morgan fingerprint density at radius 3 is 2.52 bits per heavy atom. The van der Waals surface area contributed by atoms with Crippen LogP contribution in [0.15, 0.2) is 53.2 Å². The lowest BCUT2D eigenvalue weighted by Gasteiger charge is -2.31. The molecule has 0 saturated carbocycles. The molecule has 2 aromatic rings. The highest BCUT2D eigenvalue weighted by molar-refractivity contribution is 5.92. The number of piperidine rings is 1. The molecule has 0 aliphatic carbocycles. The zero-order valence-corrected chi connectivity index (χ0v) is 13.7. The Morgan fingerprint density at radius 2 is 1.88 bits per heavy atom. The second-order valence-corrected chi connectivity index (χ2v) is 5.94. The number of benzene rings is 1. The fraction of sp³-hybridized carbons (Fsp3) is 0.263. The van der Waals surface area contributed by atoms with Gasteiger partial charge in [-0.25, -0.2) is 4.39 Å². The summed E-state index contributed by atoms with van der Waals surface area (Å²) in [6, 6.07) is 9.29. The molecule has 2 heterocycles. The van der Waals surface area contributed by atoms with E-state index in [9.17, 15) is 14.0 Å². The molecule has 0 atom stereocenters. The smallest absolute Gasteiger partial charge is 0.289 e. The summed E-state index contributed by atoms with van der Waals surface area (Å²) >= 11 is 0. The molecule has 0 unspecified atom stereocenters. The van der Waals surface area contributed by atoms with E-state index in [0.29, 0.717) is 31.7 Å². The van der Waals surface area contributed by atoms with Gasteiger partial charge in [0.05, 0.1) is 6.26 Å². The Labute approximate surface area is 145 Å². The highest BCUT2D eigenvalue weighted by Gasteiger charge is 2.25. The van der Waals surface area contributed by atoms with Crippen molar-refractivity contribution in [1.82, 2.24) is 10.2 Å². The third-order valence-electron chi connectivity index (χ3n) is 4.16. The van der Waals surface area contributed by atoms with Crippen molar-refractivity contribution in [3.8, 4) is 0 Å². The molecule has 1 aliphatic heterocycles. The lowest BCUT2D eigenvalue weighted by atomic mass is 10.0. The molecule has 1 N–H and O–H groups in total. The molecule has 6 heteroatoms. The van der Waals surface area contributed by atoms with Crippen LogP contribution in [-0.4, -0.2) is 35.8 Å². The maximum Gasteiger partial charge on any atom is 0.289 e. The normalized spacial score (nSPS) is 15.5. The van der Waals surface area contributed by atoms with Gasteiger partial charge in [-0.15, -0.1) is 0 Å². The van der Waals surface area contributed by atoms with Crippen molar-refractivity contribution in [2.75, 3.05) is 13.1 Å². The quantitative estimate of drug-likeness (QED) is 0.869.